The predicted molar refractivity (Wildman–Crippen MR) is 112 cm³/mol. The molecule has 1 amide bonds. The summed E-state index contributed by atoms with van der Waals surface area (Å²) in [6, 6.07) is 19.0. The van der Waals surface area contributed by atoms with Crippen molar-refractivity contribution in [1.82, 2.24) is 4.98 Å². The fourth-order valence-electron chi connectivity index (χ4n) is 2.50. The van der Waals surface area contributed by atoms with Gasteiger partial charge in [-0.1, -0.05) is 48.5 Å². The van der Waals surface area contributed by atoms with Gasteiger partial charge in [0.2, 0.25) is 0 Å². The minimum Gasteiger partial charge on any atom is -0.490 e. The van der Waals surface area contributed by atoms with Gasteiger partial charge in [-0.25, -0.2) is 4.98 Å². The Balaban J connectivity index is 1.79. The third kappa shape index (κ3) is 4.84. The number of hydrogen-bond donors (Lipinski definition) is 1. The quantitative estimate of drug-likeness (QED) is 0.468. The first kappa shape index (κ1) is 19.3. The molecule has 1 N–H and O–H groups in total. The molecule has 2 aromatic carbocycles. The number of anilines is 1. The second kappa shape index (κ2) is 8.98. The summed E-state index contributed by atoms with van der Waals surface area (Å²) in [5, 5.41) is 14.5. The zero-order valence-electron chi connectivity index (χ0n) is 15.5. The summed E-state index contributed by atoms with van der Waals surface area (Å²) in [5.74, 6) is 0.120. The van der Waals surface area contributed by atoms with E-state index in [4.69, 9.17) is 4.74 Å². The van der Waals surface area contributed by atoms with Crippen molar-refractivity contribution in [1.29, 1.82) is 5.26 Å². The fraction of sp³-hybridized carbons (Fsp3) is 0.136. The molecule has 6 heteroatoms. The highest BCUT2D eigenvalue weighted by Gasteiger charge is 2.14. The summed E-state index contributed by atoms with van der Waals surface area (Å²) < 4.78 is 5.75. The molecule has 3 aromatic rings. The van der Waals surface area contributed by atoms with Gasteiger partial charge < -0.3 is 4.74 Å². The van der Waals surface area contributed by atoms with E-state index in [2.05, 4.69) is 10.3 Å². The molecule has 0 saturated heterocycles. The SMILES string of the molecule is CC(C)Oc1ccccc1/C=C(\C#N)C(=O)Nc1nc(-c2ccccc2)cs1. The van der Waals surface area contributed by atoms with Crippen molar-refractivity contribution in [3.05, 3.63) is 71.1 Å². The number of amides is 1. The molecule has 0 spiro atoms. The second-order valence-electron chi connectivity index (χ2n) is 6.23. The number of rotatable bonds is 6. The molecule has 140 valence electrons. The monoisotopic (exact) mass is 389 g/mol. The molecule has 0 saturated carbocycles. The Morgan fingerprint density at radius 3 is 2.61 bits per heavy atom. The van der Waals surface area contributed by atoms with Crippen molar-refractivity contribution in [2.24, 2.45) is 0 Å². The first-order chi connectivity index (χ1) is 13.6. The van der Waals surface area contributed by atoms with Crippen LogP contribution in [0.3, 0.4) is 0 Å². The molecule has 3 rings (SSSR count). The standard InChI is InChI=1S/C22H19N3O2S/c1-15(2)27-20-11-7-6-10-17(20)12-18(13-23)21(26)25-22-24-19(14-28-22)16-8-4-3-5-9-16/h3-12,14-15H,1-2H3,(H,24,25,26)/b18-12+. The summed E-state index contributed by atoms with van der Waals surface area (Å²) in [5.41, 5.74) is 2.40. The first-order valence-electron chi connectivity index (χ1n) is 8.76. The zero-order chi connectivity index (χ0) is 19.9. The van der Waals surface area contributed by atoms with Crippen LogP contribution in [0.4, 0.5) is 5.13 Å². The Kier molecular flexibility index (Phi) is 6.20. The number of carbonyl (C=O) groups is 1. The lowest BCUT2D eigenvalue weighted by Gasteiger charge is -2.12. The molecular formula is C22H19N3O2S. The van der Waals surface area contributed by atoms with Crippen molar-refractivity contribution in [2.75, 3.05) is 5.32 Å². The minimum atomic E-state index is -0.504. The normalized spacial score (nSPS) is 11.1. The highest BCUT2D eigenvalue weighted by Crippen LogP contribution is 2.26. The number of nitrogens with one attached hydrogen (secondary N) is 1. The lowest BCUT2D eigenvalue weighted by atomic mass is 10.1. The van der Waals surface area contributed by atoms with Gasteiger partial charge in [0.25, 0.3) is 5.91 Å². The van der Waals surface area contributed by atoms with Crippen molar-refractivity contribution >= 4 is 28.5 Å². The van der Waals surface area contributed by atoms with Gasteiger partial charge in [0.1, 0.15) is 17.4 Å². The number of benzene rings is 2. The number of ether oxygens (including phenoxy) is 1. The van der Waals surface area contributed by atoms with Gasteiger partial charge in [0.15, 0.2) is 5.13 Å². The van der Waals surface area contributed by atoms with Gasteiger partial charge in [-0.3, -0.25) is 10.1 Å². The van der Waals surface area contributed by atoms with E-state index < -0.39 is 5.91 Å². The molecule has 1 aromatic heterocycles. The molecule has 0 radical (unpaired) electrons. The number of hydrogen-bond acceptors (Lipinski definition) is 5. The number of para-hydroxylation sites is 1. The lowest BCUT2D eigenvalue weighted by Crippen LogP contribution is -2.13. The van der Waals surface area contributed by atoms with Crippen LogP contribution in [-0.4, -0.2) is 17.0 Å². The van der Waals surface area contributed by atoms with E-state index in [0.29, 0.717) is 16.4 Å². The Morgan fingerprint density at radius 2 is 1.89 bits per heavy atom. The molecule has 0 atom stereocenters. The van der Waals surface area contributed by atoms with Crippen molar-refractivity contribution in [3.8, 4) is 23.1 Å². The van der Waals surface area contributed by atoms with Crippen LogP contribution in [0.25, 0.3) is 17.3 Å². The Bertz CT molecular complexity index is 1030. The maximum Gasteiger partial charge on any atom is 0.268 e. The largest absolute Gasteiger partial charge is 0.490 e. The summed E-state index contributed by atoms with van der Waals surface area (Å²) >= 11 is 1.31. The van der Waals surface area contributed by atoms with E-state index in [1.165, 1.54) is 17.4 Å². The number of aromatic nitrogens is 1. The van der Waals surface area contributed by atoms with Crippen molar-refractivity contribution in [2.45, 2.75) is 20.0 Å². The summed E-state index contributed by atoms with van der Waals surface area (Å²) in [6.45, 7) is 3.84. The highest BCUT2D eigenvalue weighted by atomic mass is 32.1. The topological polar surface area (TPSA) is 75.0 Å². The van der Waals surface area contributed by atoms with Crippen LogP contribution in [0.5, 0.6) is 5.75 Å². The van der Waals surface area contributed by atoms with E-state index >= 15 is 0 Å². The third-order valence-electron chi connectivity index (χ3n) is 3.74. The summed E-state index contributed by atoms with van der Waals surface area (Å²) in [4.78, 5) is 17.0. The van der Waals surface area contributed by atoms with E-state index in [-0.39, 0.29) is 11.7 Å². The van der Waals surface area contributed by atoms with Crippen LogP contribution < -0.4 is 10.1 Å². The van der Waals surface area contributed by atoms with Crippen LogP contribution in [-0.2, 0) is 4.79 Å². The fourth-order valence-corrected chi connectivity index (χ4v) is 3.22. The van der Waals surface area contributed by atoms with Crippen LogP contribution >= 0.6 is 11.3 Å². The van der Waals surface area contributed by atoms with Crippen molar-refractivity contribution < 1.29 is 9.53 Å². The average molecular weight is 389 g/mol. The van der Waals surface area contributed by atoms with Gasteiger partial charge in [0, 0.05) is 16.5 Å². The van der Waals surface area contributed by atoms with Crippen LogP contribution in [0, 0.1) is 11.3 Å². The molecule has 0 fully saturated rings. The van der Waals surface area contributed by atoms with Crippen LogP contribution in [0.15, 0.2) is 65.6 Å². The lowest BCUT2D eigenvalue weighted by molar-refractivity contribution is -0.112. The maximum atomic E-state index is 12.6. The summed E-state index contributed by atoms with van der Waals surface area (Å²) in [7, 11) is 0. The molecule has 1 heterocycles. The second-order valence-corrected chi connectivity index (χ2v) is 7.09. The number of carbonyl (C=O) groups excluding carboxylic acids is 1. The zero-order valence-corrected chi connectivity index (χ0v) is 16.4. The molecule has 0 aliphatic carbocycles. The minimum absolute atomic E-state index is 0.0133. The number of nitrogens with zero attached hydrogens (tertiary/aromatic N) is 2. The molecular weight excluding hydrogens is 370 g/mol. The molecule has 0 aliphatic rings. The number of thiazole rings is 1. The molecule has 0 unspecified atom stereocenters. The molecule has 5 nitrogen and oxygen atoms in total. The Labute approximate surface area is 167 Å². The molecule has 0 bridgehead atoms. The number of nitriles is 1. The van der Waals surface area contributed by atoms with Crippen molar-refractivity contribution in [3.63, 3.8) is 0 Å². The van der Waals surface area contributed by atoms with E-state index in [9.17, 15) is 10.1 Å². The van der Waals surface area contributed by atoms with E-state index in [1.54, 1.807) is 6.07 Å². The third-order valence-corrected chi connectivity index (χ3v) is 4.50. The average Bonchev–Trinajstić information content (AvgIpc) is 3.16. The Hall–Kier alpha value is -3.43. The van der Waals surface area contributed by atoms with Gasteiger partial charge in [-0.05, 0) is 26.0 Å². The predicted octanol–water partition coefficient (Wildman–Crippen LogP) is 5.14. The summed E-state index contributed by atoms with van der Waals surface area (Å²) in [6.07, 6.45) is 1.51. The van der Waals surface area contributed by atoms with E-state index in [1.807, 2.05) is 73.8 Å². The van der Waals surface area contributed by atoms with Crippen LogP contribution in [0.1, 0.15) is 19.4 Å². The maximum absolute atomic E-state index is 12.6. The van der Waals surface area contributed by atoms with Gasteiger partial charge >= 0.3 is 0 Å². The Morgan fingerprint density at radius 1 is 1.18 bits per heavy atom. The van der Waals surface area contributed by atoms with Gasteiger partial charge in [-0.15, -0.1) is 11.3 Å². The molecule has 28 heavy (non-hydrogen) atoms. The van der Waals surface area contributed by atoms with Gasteiger partial charge in [0.05, 0.1) is 11.8 Å². The molecule has 0 aliphatic heterocycles. The smallest absolute Gasteiger partial charge is 0.268 e. The highest BCUT2D eigenvalue weighted by molar-refractivity contribution is 7.14. The van der Waals surface area contributed by atoms with Crippen LogP contribution in [0.2, 0.25) is 0 Å². The van der Waals surface area contributed by atoms with E-state index in [0.717, 1.165) is 11.3 Å². The first-order valence-corrected chi connectivity index (χ1v) is 9.64. The van der Waals surface area contributed by atoms with Gasteiger partial charge in [-0.2, -0.15) is 5.26 Å².